The Morgan fingerprint density at radius 2 is 1.93 bits per heavy atom. The van der Waals surface area contributed by atoms with E-state index in [2.05, 4.69) is 47.3 Å². The lowest BCUT2D eigenvalue weighted by atomic mass is 9.67. The highest BCUT2D eigenvalue weighted by Gasteiger charge is 2.53. The molecule has 152 valence electrons. The third-order valence-electron chi connectivity index (χ3n) is 6.05. The van der Waals surface area contributed by atoms with Crippen LogP contribution in [-0.2, 0) is 9.59 Å². The molecule has 4 amide bonds. The molecule has 1 aliphatic heterocycles. The molecule has 0 aromatic heterocycles. The topological polar surface area (TPSA) is 78.5 Å². The van der Waals surface area contributed by atoms with Gasteiger partial charge in [0, 0.05) is 10.2 Å². The Labute approximate surface area is 174 Å². The Kier molecular flexibility index (Phi) is 5.58. The van der Waals surface area contributed by atoms with Gasteiger partial charge < -0.3 is 10.6 Å². The first-order valence-electron chi connectivity index (χ1n) is 9.72. The predicted octanol–water partition coefficient (Wildman–Crippen LogP) is 4.22. The van der Waals surface area contributed by atoms with Crippen LogP contribution in [-0.4, -0.2) is 34.8 Å². The number of urea groups is 1. The third-order valence-corrected chi connectivity index (χ3v) is 6.94. The maximum Gasteiger partial charge on any atom is 0.325 e. The Morgan fingerprint density at radius 3 is 2.50 bits per heavy atom. The van der Waals surface area contributed by atoms with Crippen molar-refractivity contribution in [2.24, 2.45) is 11.3 Å². The predicted molar refractivity (Wildman–Crippen MR) is 112 cm³/mol. The lowest BCUT2D eigenvalue weighted by Gasteiger charge is -2.40. The van der Waals surface area contributed by atoms with Crippen molar-refractivity contribution in [3.05, 3.63) is 28.2 Å². The van der Waals surface area contributed by atoms with E-state index < -0.39 is 11.6 Å². The van der Waals surface area contributed by atoms with Gasteiger partial charge in [-0.2, -0.15) is 0 Å². The molecule has 0 unspecified atom stereocenters. The number of hydrogen-bond donors (Lipinski definition) is 2. The molecule has 0 atom stereocenters. The smallest absolute Gasteiger partial charge is 0.325 e. The van der Waals surface area contributed by atoms with Crippen LogP contribution in [0.1, 0.15) is 52.0 Å². The summed E-state index contributed by atoms with van der Waals surface area (Å²) in [7, 11) is 0. The van der Waals surface area contributed by atoms with Crippen molar-refractivity contribution < 1.29 is 14.4 Å². The minimum absolute atomic E-state index is 0.190. The van der Waals surface area contributed by atoms with E-state index in [4.69, 9.17) is 0 Å². The van der Waals surface area contributed by atoms with Crippen LogP contribution in [0, 0.1) is 18.3 Å². The van der Waals surface area contributed by atoms with Crippen LogP contribution in [0.25, 0.3) is 0 Å². The minimum Gasteiger partial charge on any atom is -0.325 e. The zero-order valence-corrected chi connectivity index (χ0v) is 18.5. The number of benzene rings is 1. The fourth-order valence-electron chi connectivity index (χ4n) is 4.20. The lowest BCUT2D eigenvalue weighted by Crippen LogP contribution is -2.50. The van der Waals surface area contributed by atoms with Crippen LogP contribution in [0.5, 0.6) is 0 Å². The molecule has 6 nitrogen and oxygen atoms in total. The monoisotopic (exact) mass is 449 g/mol. The number of halogens is 1. The summed E-state index contributed by atoms with van der Waals surface area (Å²) in [6.07, 6.45) is 3.05. The summed E-state index contributed by atoms with van der Waals surface area (Å²) in [5, 5.41) is 5.64. The molecule has 2 fully saturated rings. The Morgan fingerprint density at radius 1 is 1.29 bits per heavy atom. The second-order valence-corrected chi connectivity index (χ2v) is 9.91. The van der Waals surface area contributed by atoms with Crippen molar-refractivity contribution in [2.45, 2.75) is 58.9 Å². The summed E-state index contributed by atoms with van der Waals surface area (Å²) in [5.41, 5.74) is 0.976. The summed E-state index contributed by atoms with van der Waals surface area (Å²) in [4.78, 5) is 38.9. The Balaban J connectivity index is 1.64. The van der Waals surface area contributed by atoms with Crippen molar-refractivity contribution in [3.63, 3.8) is 0 Å². The SMILES string of the molecule is Cc1cc(NC(=O)CN2C(=O)NC3(CCC(C(C)(C)C)CC3)C2=O)ccc1Br. The van der Waals surface area contributed by atoms with Crippen molar-refractivity contribution in [3.8, 4) is 0 Å². The molecular weight excluding hydrogens is 422 g/mol. The molecule has 1 aromatic rings. The van der Waals surface area contributed by atoms with Crippen LogP contribution in [0.15, 0.2) is 22.7 Å². The van der Waals surface area contributed by atoms with E-state index in [9.17, 15) is 14.4 Å². The normalized spacial score (nSPS) is 25.2. The quantitative estimate of drug-likeness (QED) is 0.677. The number of hydrogen-bond acceptors (Lipinski definition) is 3. The van der Waals surface area contributed by atoms with Crippen LogP contribution < -0.4 is 10.6 Å². The summed E-state index contributed by atoms with van der Waals surface area (Å²) >= 11 is 3.42. The van der Waals surface area contributed by atoms with Gasteiger partial charge in [-0.05, 0) is 67.7 Å². The number of nitrogens with zero attached hydrogens (tertiary/aromatic N) is 1. The van der Waals surface area contributed by atoms with Gasteiger partial charge in [0.1, 0.15) is 12.1 Å². The minimum atomic E-state index is -0.840. The fourth-order valence-corrected chi connectivity index (χ4v) is 4.45. The molecule has 1 saturated carbocycles. The molecular formula is C21H28BrN3O3. The van der Waals surface area contributed by atoms with Crippen LogP contribution in [0.2, 0.25) is 0 Å². The molecule has 1 spiro atoms. The van der Waals surface area contributed by atoms with Gasteiger partial charge in [-0.1, -0.05) is 36.7 Å². The van der Waals surface area contributed by atoms with E-state index in [0.29, 0.717) is 24.4 Å². The largest absolute Gasteiger partial charge is 0.325 e. The summed E-state index contributed by atoms with van der Waals surface area (Å²) in [6, 6.07) is 4.99. The molecule has 3 rings (SSSR count). The van der Waals surface area contributed by atoms with Gasteiger partial charge in [0.15, 0.2) is 0 Å². The average Bonchev–Trinajstić information content (AvgIpc) is 2.82. The molecule has 1 aliphatic carbocycles. The maximum absolute atomic E-state index is 13.0. The van der Waals surface area contributed by atoms with Crippen molar-refractivity contribution in [1.82, 2.24) is 10.2 Å². The highest BCUT2D eigenvalue weighted by Crippen LogP contribution is 2.43. The van der Waals surface area contributed by atoms with Crippen LogP contribution >= 0.6 is 15.9 Å². The number of anilines is 1. The molecule has 0 bridgehead atoms. The van der Waals surface area contributed by atoms with Gasteiger partial charge in [0.2, 0.25) is 5.91 Å². The summed E-state index contributed by atoms with van der Waals surface area (Å²) < 4.78 is 0.951. The number of aryl methyl sites for hydroxylation is 1. The molecule has 0 radical (unpaired) electrons. The molecule has 1 saturated heterocycles. The summed E-state index contributed by atoms with van der Waals surface area (Å²) in [6.45, 7) is 8.29. The standard InChI is InChI=1S/C21H28BrN3O3/c1-13-11-15(5-6-16(13)22)23-17(26)12-25-18(27)21(24-19(25)28)9-7-14(8-10-21)20(2,3)4/h5-6,11,14H,7-10,12H2,1-4H3,(H,23,26)(H,24,28). The number of carbonyl (C=O) groups is 3. The zero-order valence-electron chi connectivity index (χ0n) is 16.9. The first-order valence-corrected chi connectivity index (χ1v) is 10.5. The highest BCUT2D eigenvalue weighted by atomic mass is 79.9. The number of amides is 4. The first kappa shape index (κ1) is 20.8. The maximum atomic E-state index is 13.0. The van der Waals surface area contributed by atoms with Gasteiger partial charge in [-0.15, -0.1) is 0 Å². The van der Waals surface area contributed by atoms with Gasteiger partial charge in [0.05, 0.1) is 0 Å². The lowest BCUT2D eigenvalue weighted by molar-refractivity contribution is -0.135. The molecule has 7 heteroatoms. The number of carbonyl (C=O) groups excluding carboxylic acids is 3. The third kappa shape index (κ3) is 4.09. The van der Waals surface area contributed by atoms with Gasteiger partial charge in [-0.25, -0.2) is 4.79 Å². The Bertz CT molecular complexity index is 808. The van der Waals surface area contributed by atoms with E-state index in [1.54, 1.807) is 6.07 Å². The van der Waals surface area contributed by atoms with Gasteiger partial charge >= 0.3 is 6.03 Å². The van der Waals surface area contributed by atoms with Crippen molar-refractivity contribution in [2.75, 3.05) is 11.9 Å². The molecule has 2 aliphatic rings. The first-order chi connectivity index (χ1) is 13.0. The van der Waals surface area contributed by atoms with E-state index in [-0.39, 0.29) is 23.8 Å². The fraction of sp³-hybridized carbons (Fsp3) is 0.571. The molecule has 28 heavy (non-hydrogen) atoms. The zero-order chi connectivity index (χ0) is 20.7. The second-order valence-electron chi connectivity index (χ2n) is 9.06. The second kappa shape index (κ2) is 7.50. The van der Waals surface area contributed by atoms with E-state index in [1.165, 1.54) is 0 Å². The molecule has 1 heterocycles. The number of nitrogens with one attached hydrogen (secondary N) is 2. The number of rotatable bonds is 3. The number of imide groups is 1. The van der Waals surface area contributed by atoms with E-state index >= 15 is 0 Å². The van der Waals surface area contributed by atoms with Crippen LogP contribution in [0.3, 0.4) is 0 Å². The van der Waals surface area contributed by atoms with Gasteiger partial charge in [-0.3, -0.25) is 14.5 Å². The summed E-state index contributed by atoms with van der Waals surface area (Å²) in [5.74, 6) is -0.126. The van der Waals surface area contributed by atoms with Crippen LogP contribution in [0.4, 0.5) is 10.5 Å². The average molecular weight is 450 g/mol. The molecule has 1 aromatic carbocycles. The van der Waals surface area contributed by atoms with Gasteiger partial charge in [0.25, 0.3) is 5.91 Å². The van der Waals surface area contributed by atoms with Crippen molar-refractivity contribution in [1.29, 1.82) is 0 Å². The highest BCUT2D eigenvalue weighted by molar-refractivity contribution is 9.10. The van der Waals surface area contributed by atoms with E-state index in [1.807, 2.05) is 19.1 Å². The van der Waals surface area contributed by atoms with Crippen molar-refractivity contribution >= 4 is 39.5 Å². The van der Waals surface area contributed by atoms with E-state index in [0.717, 1.165) is 27.8 Å². The molecule has 2 N–H and O–H groups in total. The Hall–Kier alpha value is -1.89.